The highest BCUT2D eigenvalue weighted by molar-refractivity contribution is 5.89. The van der Waals surface area contributed by atoms with Crippen LogP contribution in [0, 0.1) is 12.7 Å². The van der Waals surface area contributed by atoms with Crippen molar-refractivity contribution in [3.63, 3.8) is 0 Å². The number of benzene rings is 3. The zero-order valence-electron chi connectivity index (χ0n) is 16.9. The van der Waals surface area contributed by atoms with Crippen molar-refractivity contribution in [2.24, 2.45) is 5.10 Å². The summed E-state index contributed by atoms with van der Waals surface area (Å²) in [6.07, 6.45) is 3.64. The van der Waals surface area contributed by atoms with E-state index in [0.717, 1.165) is 42.3 Å². The van der Waals surface area contributed by atoms with Crippen LogP contribution in [0.5, 0.6) is 5.75 Å². The predicted molar refractivity (Wildman–Crippen MR) is 118 cm³/mol. The van der Waals surface area contributed by atoms with Gasteiger partial charge in [0.2, 0.25) is 0 Å². The molecular formula is C24H24FN3O2. The van der Waals surface area contributed by atoms with Gasteiger partial charge in [0.1, 0.15) is 11.6 Å². The Hall–Kier alpha value is -3.41. The molecule has 0 spiro atoms. The number of fused-ring (bicyclic) bond motifs is 1. The van der Waals surface area contributed by atoms with Gasteiger partial charge in [-0.1, -0.05) is 36.4 Å². The van der Waals surface area contributed by atoms with E-state index in [1.807, 2.05) is 55.5 Å². The van der Waals surface area contributed by atoms with E-state index in [2.05, 4.69) is 15.4 Å². The van der Waals surface area contributed by atoms with E-state index in [0.29, 0.717) is 17.0 Å². The Labute approximate surface area is 175 Å². The number of amides is 1. The van der Waals surface area contributed by atoms with E-state index in [1.54, 1.807) is 0 Å². The van der Waals surface area contributed by atoms with Crippen LogP contribution in [0.1, 0.15) is 24.0 Å². The Kier molecular flexibility index (Phi) is 5.93. The molecule has 3 aromatic carbocycles. The molecule has 0 aromatic heterocycles. The van der Waals surface area contributed by atoms with Crippen molar-refractivity contribution in [3.8, 4) is 5.75 Å². The number of carbonyl (C=O) groups is 1. The topological polar surface area (TPSA) is 53.9 Å². The SMILES string of the molecule is Cc1cc(N2CCCC2)c(F)cc1C=NNC(=O)COc1cccc2ccccc12. The third-order valence-electron chi connectivity index (χ3n) is 5.28. The summed E-state index contributed by atoms with van der Waals surface area (Å²) in [4.78, 5) is 14.2. The number of ether oxygens (including phenoxy) is 1. The minimum atomic E-state index is -0.383. The molecule has 30 heavy (non-hydrogen) atoms. The van der Waals surface area contributed by atoms with Gasteiger partial charge in [-0.2, -0.15) is 5.10 Å². The zero-order chi connectivity index (χ0) is 20.9. The second kappa shape index (κ2) is 8.95. The van der Waals surface area contributed by atoms with Crippen LogP contribution in [0.3, 0.4) is 0 Å². The van der Waals surface area contributed by atoms with E-state index >= 15 is 0 Å². The van der Waals surface area contributed by atoms with Crippen molar-refractivity contribution in [2.75, 3.05) is 24.6 Å². The van der Waals surface area contributed by atoms with Gasteiger partial charge in [-0.25, -0.2) is 9.82 Å². The third-order valence-corrected chi connectivity index (χ3v) is 5.28. The van der Waals surface area contributed by atoms with Gasteiger partial charge in [-0.15, -0.1) is 0 Å². The maximum Gasteiger partial charge on any atom is 0.277 e. The highest BCUT2D eigenvalue weighted by Gasteiger charge is 2.17. The van der Waals surface area contributed by atoms with E-state index in [9.17, 15) is 9.18 Å². The Balaban J connectivity index is 1.36. The molecule has 154 valence electrons. The van der Waals surface area contributed by atoms with Crippen molar-refractivity contribution >= 4 is 28.6 Å². The van der Waals surface area contributed by atoms with Crippen LogP contribution in [0.25, 0.3) is 10.8 Å². The number of nitrogens with zero attached hydrogens (tertiary/aromatic N) is 2. The average molecular weight is 405 g/mol. The van der Waals surface area contributed by atoms with Gasteiger partial charge >= 0.3 is 0 Å². The first-order valence-electron chi connectivity index (χ1n) is 10.1. The summed E-state index contributed by atoms with van der Waals surface area (Å²) in [6, 6.07) is 16.8. The lowest BCUT2D eigenvalue weighted by Crippen LogP contribution is -2.24. The first kappa shape index (κ1) is 19.9. The Morgan fingerprint density at radius 2 is 1.93 bits per heavy atom. The fourth-order valence-corrected chi connectivity index (χ4v) is 3.69. The van der Waals surface area contributed by atoms with Crippen molar-refractivity contribution in [1.82, 2.24) is 5.43 Å². The molecule has 0 bridgehead atoms. The summed E-state index contributed by atoms with van der Waals surface area (Å²) in [6.45, 7) is 3.52. The van der Waals surface area contributed by atoms with E-state index in [-0.39, 0.29) is 18.3 Å². The minimum absolute atomic E-state index is 0.160. The number of halogens is 1. The molecule has 0 atom stereocenters. The molecular weight excluding hydrogens is 381 g/mol. The second-order valence-corrected chi connectivity index (χ2v) is 7.41. The average Bonchev–Trinajstić information content (AvgIpc) is 3.29. The normalized spacial score (nSPS) is 13.9. The van der Waals surface area contributed by atoms with Crippen LogP contribution in [0.15, 0.2) is 59.7 Å². The number of hydrazone groups is 1. The number of hydrogen-bond donors (Lipinski definition) is 1. The molecule has 1 aliphatic rings. The van der Waals surface area contributed by atoms with Crippen LogP contribution >= 0.6 is 0 Å². The van der Waals surface area contributed by atoms with Crippen molar-refractivity contribution in [1.29, 1.82) is 0 Å². The zero-order valence-corrected chi connectivity index (χ0v) is 16.9. The van der Waals surface area contributed by atoms with Gasteiger partial charge in [0.25, 0.3) is 5.91 Å². The Morgan fingerprint density at radius 3 is 2.77 bits per heavy atom. The molecule has 0 radical (unpaired) electrons. The van der Waals surface area contributed by atoms with Gasteiger partial charge in [0.05, 0.1) is 11.9 Å². The standard InChI is InChI=1S/C24H24FN3O2/c1-17-13-22(28-11-4-5-12-28)21(25)14-19(17)15-26-27-24(29)16-30-23-10-6-8-18-7-2-3-9-20(18)23/h2-3,6-10,13-15H,4-5,11-12,16H2,1H3,(H,27,29). The first-order chi connectivity index (χ1) is 14.6. The van der Waals surface area contributed by atoms with Crippen LogP contribution in [0.4, 0.5) is 10.1 Å². The molecule has 1 heterocycles. The fraction of sp³-hybridized carbons (Fsp3) is 0.250. The van der Waals surface area contributed by atoms with E-state index in [4.69, 9.17) is 4.74 Å². The molecule has 6 heteroatoms. The van der Waals surface area contributed by atoms with E-state index < -0.39 is 0 Å². The molecule has 1 fully saturated rings. The molecule has 0 saturated carbocycles. The van der Waals surface area contributed by atoms with Gasteiger partial charge in [-0.05, 0) is 48.9 Å². The molecule has 5 nitrogen and oxygen atoms in total. The lowest BCUT2D eigenvalue weighted by molar-refractivity contribution is -0.123. The number of hydrogen-bond acceptors (Lipinski definition) is 4. The molecule has 1 saturated heterocycles. The molecule has 1 amide bonds. The summed E-state index contributed by atoms with van der Waals surface area (Å²) in [5.74, 6) is -0.0109. The van der Waals surface area contributed by atoms with Gasteiger partial charge in [-0.3, -0.25) is 4.79 Å². The van der Waals surface area contributed by atoms with Crippen molar-refractivity contribution in [3.05, 3.63) is 71.5 Å². The molecule has 0 aliphatic carbocycles. The third kappa shape index (κ3) is 4.43. The summed E-state index contributed by atoms with van der Waals surface area (Å²) in [5.41, 5.74) is 4.61. The minimum Gasteiger partial charge on any atom is -0.483 e. The maximum absolute atomic E-state index is 14.5. The van der Waals surface area contributed by atoms with Crippen molar-refractivity contribution < 1.29 is 13.9 Å². The lowest BCUT2D eigenvalue weighted by atomic mass is 10.1. The molecule has 3 aromatic rings. The van der Waals surface area contributed by atoms with Crippen LogP contribution in [0.2, 0.25) is 0 Å². The number of carbonyl (C=O) groups excluding carboxylic acids is 1. The summed E-state index contributed by atoms with van der Waals surface area (Å²) in [5, 5.41) is 5.95. The highest BCUT2D eigenvalue weighted by atomic mass is 19.1. The number of aryl methyl sites for hydroxylation is 1. The molecule has 1 N–H and O–H groups in total. The van der Waals surface area contributed by atoms with Crippen LogP contribution in [-0.4, -0.2) is 31.8 Å². The Morgan fingerprint density at radius 1 is 1.17 bits per heavy atom. The fourth-order valence-electron chi connectivity index (χ4n) is 3.69. The monoisotopic (exact) mass is 405 g/mol. The largest absolute Gasteiger partial charge is 0.483 e. The smallest absolute Gasteiger partial charge is 0.277 e. The number of rotatable bonds is 6. The second-order valence-electron chi connectivity index (χ2n) is 7.41. The van der Waals surface area contributed by atoms with Crippen molar-refractivity contribution in [2.45, 2.75) is 19.8 Å². The Bertz CT molecular complexity index is 1090. The van der Waals surface area contributed by atoms with Gasteiger partial charge < -0.3 is 9.64 Å². The summed E-state index contributed by atoms with van der Waals surface area (Å²) < 4.78 is 20.1. The molecule has 1 aliphatic heterocycles. The number of anilines is 1. The molecule has 0 unspecified atom stereocenters. The van der Waals surface area contributed by atoms with Gasteiger partial charge in [0, 0.05) is 24.0 Å². The quantitative estimate of drug-likeness (QED) is 0.488. The summed E-state index contributed by atoms with van der Waals surface area (Å²) in [7, 11) is 0. The first-order valence-corrected chi connectivity index (χ1v) is 10.1. The maximum atomic E-state index is 14.5. The molecule has 4 rings (SSSR count). The lowest BCUT2D eigenvalue weighted by Gasteiger charge is -2.19. The van der Waals surface area contributed by atoms with Crippen LogP contribution < -0.4 is 15.1 Å². The summed E-state index contributed by atoms with van der Waals surface area (Å²) >= 11 is 0. The highest BCUT2D eigenvalue weighted by Crippen LogP contribution is 2.26. The van der Waals surface area contributed by atoms with E-state index in [1.165, 1.54) is 12.3 Å². The van der Waals surface area contributed by atoms with Gasteiger partial charge in [0.15, 0.2) is 6.61 Å². The number of nitrogens with one attached hydrogen (secondary N) is 1. The van der Waals surface area contributed by atoms with Crippen LogP contribution in [-0.2, 0) is 4.79 Å². The predicted octanol–water partition coefficient (Wildman–Crippen LogP) is 4.42.